The molecule has 0 aliphatic heterocycles. The van der Waals surface area contributed by atoms with E-state index in [-0.39, 0.29) is 0 Å². The molecule has 5 nitrogen and oxygen atoms in total. The molecule has 1 aromatic rings. The number of hydrogen-bond acceptors (Lipinski definition) is 5. The quantitative estimate of drug-likeness (QED) is 0.656. The van der Waals surface area contributed by atoms with Gasteiger partial charge in [-0.3, -0.25) is 0 Å². The Morgan fingerprint density at radius 3 is 2.20 bits per heavy atom. The van der Waals surface area contributed by atoms with Gasteiger partial charge in [0, 0.05) is 0 Å². The van der Waals surface area contributed by atoms with Crippen molar-refractivity contribution in [2.24, 2.45) is 0 Å². The van der Waals surface area contributed by atoms with E-state index >= 15 is 0 Å². The first-order valence-corrected chi connectivity index (χ1v) is 8.35. The van der Waals surface area contributed by atoms with E-state index in [1.54, 1.807) is 24.3 Å². The third kappa shape index (κ3) is 3.82. The Balaban J connectivity index is 2.71. The van der Waals surface area contributed by atoms with Gasteiger partial charge in [-0.05, 0) is 0 Å². The standard InChI is InChI=1S/C8H12IO5P/c1-12-15(11,13-2)14-9(10)8-6-4-3-5-7-8/h3-7,10H,1-2H3. The second kappa shape index (κ2) is 5.93. The Kier molecular flexibility index (Phi) is 5.17. The molecule has 0 spiro atoms. The summed E-state index contributed by atoms with van der Waals surface area (Å²) in [5, 5.41) is 0. The first-order valence-electron chi connectivity index (χ1n) is 3.97. The molecule has 0 saturated carbocycles. The first kappa shape index (κ1) is 13.1. The van der Waals surface area contributed by atoms with Crippen molar-refractivity contribution in [2.75, 3.05) is 14.2 Å². The monoisotopic (exact) mass is 346 g/mol. The van der Waals surface area contributed by atoms with Gasteiger partial charge in [-0.1, -0.05) is 0 Å². The molecule has 15 heavy (non-hydrogen) atoms. The second-order valence-corrected chi connectivity index (χ2v) is 7.91. The summed E-state index contributed by atoms with van der Waals surface area (Å²) in [6.07, 6.45) is 0. The van der Waals surface area contributed by atoms with Crippen LogP contribution in [0.4, 0.5) is 0 Å². The molecular weight excluding hydrogens is 334 g/mol. The van der Waals surface area contributed by atoms with Crippen LogP contribution in [0.3, 0.4) is 0 Å². The number of phosphoric acid groups is 1. The molecule has 0 unspecified atom stereocenters. The van der Waals surface area contributed by atoms with E-state index in [1.165, 1.54) is 14.2 Å². The molecule has 0 aliphatic carbocycles. The number of hydrogen-bond donors (Lipinski definition) is 1. The zero-order valence-electron chi connectivity index (χ0n) is 8.29. The summed E-state index contributed by atoms with van der Waals surface area (Å²) in [5.41, 5.74) is 0. The van der Waals surface area contributed by atoms with Gasteiger partial charge in [0.2, 0.25) is 0 Å². The van der Waals surface area contributed by atoms with E-state index in [4.69, 9.17) is 2.85 Å². The van der Waals surface area contributed by atoms with Crippen molar-refractivity contribution in [3.05, 3.63) is 33.9 Å². The third-order valence-electron chi connectivity index (χ3n) is 1.52. The summed E-state index contributed by atoms with van der Waals surface area (Å²) in [7, 11) is -1.17. The van der Waals surface area contributed by atoms with Crippen molar-refractivity contribution in [2.45, 2.75) is 0 Å². The third-order valence-corrected chi connectivity index (χ3v) is 7.06. The average Bonchev–Trinajstić information content (AvgIpc) is 2.30. The average molecular weight is 346 g/mol. The van der Waals surface area contributed by atoms with Crippen LogP contribution in [-0.2, 0) is 16.5 Å². The summed E-state index contributed by atoms with van der Waals surface area (Å²) < 4.78 is 36.0. The number of rotatable bonds is 5. The van der Waals surface area contributed by atoms with Crippen molar-refractivity contribution in [1.29, 1.82) is 0 Å². The maximum atomic E-state index is 11.5. The van der Waals surface area contributed by atoms with Crippen LogP contribution < -0.4 is 0 Å². The van der Waals surface area contributed by atoms with E-state index in [9.17, 15) is 8.00 Å². The van der Waals surface area contributed by atoms with Crippen molar-refractivity contribution in [3.63, 3.8) is 0 Å². The predicted octanol–water partition coefficient (Wildman–Crippen LogP) is 2.60. The molecule has 0 aliphatic rings. The molecule has 0 fully saturated rings. The second-order valence-electron chi connectivity index (χ2n) is 2.41. The zero-order chi connectivity index (χ0) is 11.3. The Morgan fingerprint density at radius 2 is 1.73 bits per heavy atom. The van der Waals surface area contributed by atoms with E-state index in [1.807, 2.05) is 6.07 Å². The molecule has 1 rings (SSSR count). The molecule has 0 aromatic heterocycles. The van der Waals surface area contributed by atoms with Crippen molar-refractivity contribution in [3.8, 4) is 0 Å². The van der Waals surface area contributed by atoms with E-state index in [0.717, 1.165) is 0 Å². The molecule has 1 N–H and O–H groups in total. The van der Waals surface area contributed by atoms with Gasteiger partial charge < -0.3 is 0 Å². The van der Waals surface area contributed by atoms with E-state index in [2.05, 4.69) is 9.05 Å². The molecule has 0 saturated heterocycles. The summed E-state index contributed by atoms with van der Waals surface area (Å²) in [6.45, 7) is 0. The zero-order valence-corrected chi connectivity index (χ0v) is 11.3. The number of benzene rings is 1. The summed E-state index contributed by atoms with van der Waals surface area (Å²) in [5.74, 6) is 0. The topological polar surface area (TPSA) is 65.0 Å². The molecule has 0 atom stereocenters. The predicted molar refractivity (Wildman–Crippen MR) is 64.1 cm³/mol. The summed E-state index contributed by atoms with van der Waals surface area (Å²) in [6, 6.07) is 8.77. The van der Waals surface area contributed by atoms with Crippen LogP contribution in [0.25, 0.3) is 0 Å². The van der Waals surface area contributed by atoms with Gasteiger partial charge in [0.25, 0.3) is 0 Å². The molecule has 86 valence electrons. The maximum absolute atomic E-state index is 11.5. The van der Waals surface area contributed by atoms with Crippen LogP contribution in [0.5, 0.6) is 0 Å². The van der Waals surface area contributed by atoms with E-state index < -0.39 is 28.5 Å². The number of phosphoric ester groups is 1. The van der Waals surface area contributed by atoms with Crippen LogP contribution in [0.2, 0.25) is 0 Å². The van der Waals surface area contributed by atoms with Gasteiger partial charge in [-0.2, -0.15) is 0 Å². The minimum absolute atomic E-state index is 0.635. The van der Waals surface area contributed by atoms with Gasteiger partial charge >= 0.3 is 96.5 Å². The fraction of sp³-hybridized carbons (Fsp3) is 0.250. The van der Waals surface area contributed by atoms with Crippen LogP contribution in [0, 0.1) is 3.57 Å². The van der Waals surface area contributed by atoms with Crippen molar-refractivity contribution >= 4 is 28.5 Å². The molecule has 0 bridgehead atoms. The molecule has 0 amide bonds. The van der Waals surface area contributed by atoms with Crippen LogP contribution in [0.1, 0.15) is 0 Å². The first-order chi connectivity index (χ1) is 7.11. The summed E-state index contributed by atoms with van der Waals surface area (Å²) >= 11 is -2.91. The number of halogens is 1. The Hall–Kier alpha value is 0.0200. The van der Waals surface area contributed by atoms with Gasteiger partial charge in [0.1, 0.15) is 0 Å². The Labute approximate surface area is 96.5 Å². The normalized spacial score (nSPS) is 12.6. The molecule has 1 aromatic carbocycles. The van der Waals surface area contributed by atoms with Gasteiger partial charge in [0.15, 0.2) is 0 Å². The van der Waals surface area contributed by atoms with Crippen LogP contribution in [-0.4, -0.2) is 17.7 Å². The van der Waals surface area contributed by atoms with Gasteiger partial charge in [0.05, 0.1) is 0 Å². The minimum atomic E-state index is -3.58. The van der Waals surface area contributed by atoms with Gasteiger partial charge in [-0.15, -0.1) is 0 Å². The Morgan fingerprint density at radius 1 is 1.20 bits per heavy atom. The fourth-order valence-corrected chi connectivity index (χ4v) is 5.32. The Bertz CT molecular complexity index is 336. The SMILES string of the molecule is COP(=O)(OC)OI(O)c1ccccc1. The molecule has 7 heteroatoms. The van der Waals surface area contributed by atoms with Crippen LogP contribution >= 0.6 is 28.5 Å². The summed E-state index contributed by atoms with van der Waals surface area (Å²) in [4.78, 5) is 0. The van der Waals surface area contributed by atoms with Gasteiger partial charge in [-0.25, -0.2) is 0 Å². The molecular formula is C8H12IO5P. The van der Waals surface area contributed by atoms with Crippen molar-refractivity contribution < 1.29 is 19.9 Å². The molecule has 0 heterocycles. The van der Waals surface area contributed by atoms with Crippen molar-refractivity contribution in [1.82, 2.24) is 0 Å². The molecule has 0 radical (unpaired) electrons. The van der Waals surface area contributed by atoms with Crippen LogP contribution in [0.15, 0.2) is 30.3 Å². The van der Waals surface area contributed by atoms with E-state index in [0.29, 0.717) is 3.57 Å². The fourth-order valence-electron chi connectivity index (χ4n) is 0.773.